The summed E-state index contributed by atoms with van der Waals surface area (Å²) < 4.78 is 12.5. The topological polar surface area (TPSA) is 432 Å². The number of ether oxygens (including phenoxy) is 2. The van der Waals surface area contributed by atoms with Crippen LogP contribution in [0, 0.1) is 17.8 Å². The lowest BCUT2D eigenvalue weighted by molar-refractivity contribution is -0.156. The molecular weight excluding hydrogens is 1670 g/mol. The molecule has 1 aromatic heterocycles. The van der Waals surface area contributed by atoms with E-state index in [1.54, 1.807) is 192 Å². The number of fused-ring (bicyclic) bond motifs is 1. The van der Waals surface area contributed by atoms with Crippen LogP contribution in [-0.2, 0) is 90.9 Å². The van der Waals surface area contributed by atoms with Gasteiger partial charge in [-0.1, -0.05) is 285 Å². The third-order valence-electron chi connectivity index (χ3n) is 22.7. The number of para-hydroxylation sites is 1. The molecule has 29 heteroatoms. The van der Waals surface area contributed by atoms with Crippen molar-refractivity contribution in [2.45, 2.75) is 231 Å². The number of rotatable bonds is 43. The van der Waals surface area contributed by atoms with Gasteiger partial charge in [0.25, 0.3) is 0 Å². The van der Waals surface area contributed by atoms with E-state index in [2.05, 4.69) is 53.2 Å². The van der Waals surface area contributed by atoms with Crippen LogP contribution in [-0.4, -0.2) is 164 Å². The van der Waals surface area contributed by atoms with Gasteiger partial charge in [0.1, 0.15) is 64.6 Å². The van der Waals surface area contributed by atoms with Crippen LogP contribution in [0.15, 0.2) is 243 Å². The van der Waals surface area contributed by atoms with E-state index in [9.17, 15) is 39.0 Å². The van der Waals surface area contributed by atoms with Crippen LogP contribution in [0.25, 0.3) is 10.9 Å². The molecule has 1 heterocycles. The largest absolute Gasteiger partial charge is 0.480 e. The van der Waals surface area contributed by atoms with Gasteiger partial charge in [-0.25, -0.2) is 9.59 Å². The predicted octanol–water partition coefficient (Wildman–Crippen LogP) is 10.1. The third kappa shape index (κ3) is 27.7. The molecule has 14 N–H and O–H groups in total. The number of aliphatic hydroxyl groups is 1. The summed E-state index contributed by atoms with van der Waals surface area (Å²) in [4.78, 5) is 194. The monoisotopic (exact) mass is 1790 g/mol. The molecule has 9 aromatic rings. The number of carboxylic acid groups (broad SMARTS) is 1. The van der Waals surface area contributed by atoms with Gasteiger partial charge in [0, 0.05) is 30.8 Å². The van der Waals surface area contributed by atoms with Crippen LogP contribution in [0.2, 0.25) is 0 Å². The first kappa shape index (κ1) is 101. The summed E-state index contributed by atoms with van der Waals surface area (Å²) in [6.45, 7) is 21.4. The van der Waals surface area contributed by atoms with Crippen LogP contribution in [0.4, 0.5) is 4.79 Å². The average molecular weight is 1790 g/mol. The SMILES string of the molecule is CC[C@H](C)[C@H](NC(=O)[C@H](Cc1ccccc1)NC(=O)[C@@H](N)CC(=O)OC(C)(C)C)C(=O)N[C@@H](CC(=O)NC(c1ccccc1)(c1ccccc1)c1ccccc1)C(=O)N[C@@H](Cc1cn(C(=O)OC(C)(C)C)c2ccccc12)C(=O)N[C@@H](CC(C)C)C(=O)N[C@H](C(=O)N[C@@H](CCC(=O)NC(c1ccccc1)(c1ccccc1)c1ccccc1)C(=O)N[C@H](C(=O)O)[C@@H](C)O)[C@@H](C)CC. The molecule has 0 radical (unpaired) electrons. The Kier molecular flexibility index (Phi) is 35.9. The lowest BCUT2D eigenvalue weighted by Gasteiger charge is -2.37. The van der Waals surface area contributed by atoms with Gasteiger partial charge in [0.15, 0.2) is 6.04 Å². The van der Waals surface area contributed by atoms with Crippen LogP contribution < -0.4 is 58.9 Å². The summed E-state index contributed by atoms with van der Waals surface area (Å²) in [6.07, 6.45) is -3.74. The number of carboxylic acids is 1. The van der Waals surface area contributed by atoms with Gasteiger partial charge in [0.2, 0.25) is 59.1 Å². The molecule has 131 heavy (non-hydrogen) atoms. The molecule has 0 spiro atoms. The molecule has 0 bridgehead atoms. The van der Waals surface area contributed by atoms with Gasteiger partial charge in [-0.2, -0.15) is 0 Å². The number of aromatic nitrogens is 1. The maximum absolute atomic E-state index is 16.3. The molecule has 10 amide bonds. The summed E-state index contributed by atoms with van der Waals surface area (Å²) in [5.41, 5.74) is 6.50. The number of benzene rings is 8. The first-order chi connectivity index (χ1) is 62.2. The summed E-state index contributed by atoms with van der Waals surface area (Å²) in [6, 6.07) is 55.0. The molecule has 0 aliphatic carbocycles. The number of hydrogen-bond donors (Lipinski definition) is 13. The second-order valence-corrected chi connectivity index (χ2v) is 35.6. The standard InChI is InChI=1S/C102H124N12O17/c1-14-64(5)86(95(125)104-77(90(120)111-88(66(7)115)97(127)128)55-56-83(116)112-101(69-41-25-17-26-42-69,70-43-27-18-28-44-70)71-45-29-19-30-46-71)109-93(123)78(57-63(3)4)106-91(121)80(59-68-62-114(98(129)131-100(11,12)13)82-54-38-37-53-75(68)82)107-92(122)81(61-84(117)113-102(72-47-31-20-32-48-72,73-49-33-21-34-50-73)74-51-35-22-36-52-74)108-96(126)87(65(6)15-2)110-94(124)79(58-67-39-23-16-24-40-67)105-89(119)76(103)60-85(118)130-99(8,9)10/h16-54,62-66,76-81,86-88,115H,14-15,55-61,103H2,1-13H3,(H,104,125)(H,105,119)(H,106,121)(H,107,122)(H,108,126)(H,109,123)(H,110,124)(H,111,120)(H,112,116)(H,113,117)(H,127,128)/t64-,65-,66+,76-,77-,78-,79-,80-,81-,86-,87-,88-/m0/s1. The Balaban J connectivity index is 1.10. The molecule has 9 rings (SSSR count). The fraction of sp³-hybridized carbons (Fsp3) is 0.382. The normalized spacial score (nSPS) is 14.5. The first-order valence-corrected chi connectivity index (χ1v) is 44.4. The number of carbonyl (C=O) groups is 13. The molecule has 29 nitrogen and oxygen atoms in total. The molecule has 0 aliphatic heterocycles. The maximum Gasteiger partial charge on any atom is 0.419 e. The lowest BCUT2D eigenvalue weighted by Crippen LogP contribution is -2.62. The molecule has 0 aliphatic rings. The summed E-state index contributed by atoms with van der Waals surface area (Å²) in [5.74, 6) is -13.8. The van der Waals surface area contributed by atoms with Crippen molar-refractivity contribution in [3.05, 3.63) is 287 Å². The zero-order valence-electron chi connectivity index (χ0n) is 76.5. The Labute approximate surface area is 765 Å². The molecule has 0 unspecified atom stereocenters. The summed E-state index contributed by atoms with van der Waals surface area (Å²) >= 11 is 0. The summed E-state index contributed by atoms with van der Waals surface area (Å²) in [7, 11) is 0. The number of aliphatic hydroxyl groups excluding tert-OH is 1. The van der Waals surface area contributed by atoms with Crippen molar-refractivity contribution >= 4 is 88.0 Å². The van der Waals surface area contributed by atoms with Crippen molar-refractivity contribution in [1.82, 2.24) is 57.7 Å². The van der Waals surface area contributed by atoms with Gasteiger partial charge in [-0.15, -0.1) is 0 Å². The highest BCUT2D eigenvalue weighted by Gasteiger charge is 2.44. The zero-order valence-corrected chi connectivity index (χ0v) is 76.5. The van der Waals surface area contributed by atoms with Crippen molar-refractivity contribution in [3.8, 4) is 0 Å². The van der Waals surface area contributed by atoms with Gasteiger partial charge in [-0.3, -0.25) is 57.3 Å². The van der Waals surface area contributed by atoms with E-state index in [-0.39, 0.29) is 31.2 Å². The molecule has 0 fully saturated rings. The van der Waals surface area contributed by atoms with Gasteiger partial charge in [0.05, 0.1) is 30.5 Å². The number of nitrogens with zero attached hydrogens (tertiary/aromatic N) is 1. The second kappa shape index (κ2) is 46.5. The Bertz CT molecular complexity index is 5190. The van der Waals surface area contributed by atoms with Gasteiger partial charge < -0.3 is 78.6 Å². The minimum Gasteiger partial charge on any atom is -0.480 e. The third-order valence-corrected chi connectivity index (χ3v) is 22.7. The molecular formula is C102H124N12O17. The molecule has 0 saturated carbocycles. The van der Waals surface area contributed by atoms with Crippen LogP contribution in [0.3, 0.4) is 0 Å². The molecule has 8 aromatic carbocycles. The second-order valence-electron chi connectivity index (χ2n) is 35.6. The van der Waals surface area contributed by atoms with Crippen molar-refractivity contribution < 1.29 is 82.0 Å². The van der Waals surface area contributed by atoms with E-state index < -0.39 is 210 Å². The number of amides is 10. The fourth-order valence-corrected chi connectivity index (χ4v) is 15.7. The van der Waals surface area contributed by atoms with Crippen molar-refractivity contribution in [3.63, 3.8) is 0 Å². The Morgan fingerprint density at radius 2 is 0.740 bits per heavy atom. The van der Waals surface area contributed by atoms with E-state index in [0.717, 1.165) is 6.92 Å². The maximum atomic E-state index is 16.3. The highest BCUT2D eigenvalue weighted by atomic mass is 16.6. The zero-order chi connectivity index (χ0) is 95.5. The van der Waals surface area contributed by atoms with Crippen LogP contribution in [0.5, 0.6) is 0 Å². The average Bonchev–Trinajstić information content (AvgIpc) is 1.51. The number of nitrogens with one attached hydrogen (secondary N) is 10. The van der Waals surface area contributed by atoms with Crippen molar-refractivity contribution in [2.75, 3.05) is 0 Å². The Morgan fingerprint density at radius 1 is 0.389 bits per heavy atom. The van der Waals surface area contributed by atoms with E-state index in [1.165, 1.54) is 10.8 Å². The van der Waals surface area contributed by atoms with E-state index in [0.29, 0.717) is 49.8 Å². The van der Waals surface area contributed by atoms with E-state index >= 15 is 33.6 Å². The number of carbonyl (C=O) groups excluding carboxylic acids is 12. The van der Waals surface area contributed by atoms with E-state index in [4.69, 9.17) is 15.2 Å². The number of esters is 1. The highest BCUT2D eigenvalue weighted by molar-refractivity contribution is 6.01. The minimum absolute atomic E-state index is 0.139. The Morgan fingerprint density at radius 3 is 1.16 bits per heavy atom. The van der Waals surface area contributed by atoms with Crippen LogP contribution in [0.1, 0.15) is 179 Å². The lowest BCUT2D eigenvalue weighted by atomic mass is 9.77. The molecule has 694 valence electrons. The van der Waals surface area contributed by atoms with E-state index in [1.807, 2.05) is 127 Å². The quantitative estimate of drug-likeness (QED) is 0.0125. The first-order valence-electron chi connectivity index (χ1n) is 44.4. The van der Waals surface area contributed by atoms with Crippen LogP contribution >= 0.6 is 0 Å². The fourth-order valence-electron chi connectivity index (χ4n) is 15.7. The predicted molar refractivity (Wildman–Crippen MR) is 498 cm³/mol. The number of aliphatic carboxylic acids is 1. The molecule has 0 saturated heterocycles. The van der Waals surface area contributed by atoms with Gasteiger partial charge >= 0.3 is 18.0 Å². The number of nitrogens with two attached hydrogens (primary N) is 1. The minimum atomic E-state index is -1.98. The van der Waals surface area contributed by atoms with Crippen molar-refractivity contribution in [1.29, 1.82) is 0 Å². The highest BCUT2D eigenvalue weighted by Crippen LogP contribution is 2.39. The van der Waals surface area contributed by atoms with Gasteiger partial charge in [-0.05, 0) is 130 Å². The smallest absolute Gasteiger partial charge is 0.419 e. The van der Waals surface area contributed by atoms with Crippen molar-refractivity contribution in [2.24, 2.45) is 23.5 Å². The molecule has 12 atom stereocenters. The number of hydrogen-bond acceptors (Lipinski definition) is 17. The summed E-state index contributed by atoms with van der Waals surface area (Å²) in [5, 5.41) is 49.6. The Hall–Kier alpha value is -13.7.